The SMILES string of the molecule is COc1cc(NC(=O)c2ccccc2)cc(OC)c1OC. The predicted molar refractivity (Wildman–Crippen MR) is 80.5 cm³/mol. The fourth-order valence-corrected chi connectivity index (χ4v) is 1.95. The Morgan fingerprint density at radius 1 is 0.905 bits per heavy atom. The van der Waals surface area contributed by atoms with E-state index in [2.05, 4.69) is 5.32 Å². The first kappa shape index (κ1) is 14.7. The average Bonchev–Trinajstić information content (AvgIpc) is 2.54. The molecule has 0 aliphatic rings. The number of methoxy groups -OCH3 is 3. The monoisotopic (exact) mass is 287 g/mol. The van der Waals surface area contributed by atoms with Gasteiger partial charge in [-0.25, -0.2) is 0 Å². The minimum Gasteiger partial charge on any atom is -0.493 e. The van der Waals surface area contributed by atoms with Gasteiger partial charge in [0.15, 0.2) is 11.5 Å². The molecule has 0 aliphatic carbocycles. The van der Waals surface area contributed by atoms with Crippen molar-refractivity contribution in [1.29, 1.82) is 0 Å². The molecule has 1 amide bonds. The molecule has 2 rings (SSSR count). The maximum absolute atomic E-state index is 12.1. The van der Waals surface area contributed by atoms with E-state index >= 15 is 0 Å². The number of ether oxygens (including phenoxy) is 3. The fourth-order valence-electron chi connectivity index (χ4n) is 1.95. The summed E-state index contributed by atoms with van der Waals surface area (Å²) >= 11 is 0. The number of benzene rings is 2. The highest BCUT2D eigenvalue weighted by atomic mass is 16.5. The molecule has 0 unspecified atom stereocenters. The third-order valence-corrected chi connectivity index (χ3v) is 2.96. The molecule has 0 fully saturated rings. The van der Waals surface area contributed by atoms with Gasteiger partial charge in [-0.05, 0) is 12.1 Å². The van der Waals surface area contributed by atoms with Gasteiger partial charge in [-0.3, -0.25) is 4.79 Å². The Morgan fingerprint density at radius 2 is 1.48 bits per heavy atom. The van der Waals surface area contributed by atoms with Crippen LogP contribution in [0.25, 0.3) is 0 Å². The molecule has 21 heavy (non-hydrogen) atoms. The van der Waals surface area contributed by atoms with Crippen LogP contribution in [0.1, 0.15) is 10.4 Å². The van der Waals surface area contributed by atoms with Crippen LogP contribution in [0.15, 0.2) is 42.5 Å². The summed E-state index contributed by atoms with van der Waals surface area (Å²) in [5, 5.41) is 2.80. The van der Waals surface area contributed by atoms with E-state index < -0.39 is 0 Å². The molecule has 2 aromatic rings. The van der Waals surface area contributed by atoms with E-state index in [1.165, 1.54) is 21.3 Å². The van der Waals surface area contributed by atoms with Gasteiger partial charge in [0, 0.05) is 23.4 Å². The molecule has 0 atom stereocenters. The van der Waals surface area contributed by atoms with Gasteiger partial charge in [-0.1, -0.05) is 18.2 Å². The Hall–Kier alpha value is -2.69. The Kier molecular flexibility index (Phi) is 4.66. The van der Waals surface area contributed by atoms with Crippen LogP contribution in [0.3, 0.4) is 0 Å². The summed E-state index contributed by atoms with van der Waals surface area (Å²) < 4.78 is 15.7. The first-order chi connectivity index (χ1) is 10.2. The molecule has 1 N–H and O–H groups in total. The lowest BCUT2D eigenvalue weighted by Crippen LogP contribution is -2.12. The molecule has 0 aromatic heterocycles. The third kappa shape index (κ3) is 3.25. The number of carbonyl (C=O) groups excluding carboxylic acids is 1. The number of rotatable bonds is 5. The zero-order chi connectivity index (χ0) is 15.2. The van der Waals surface area contributed by atoms with Crippen molar-refractivity contribution in [1.82, 2.24) is 0 Å². The van der Waals surface area contributed by atoms with Crippen LogP contribution in [0.5, 0.6) is 17.2 Å². The molecular formula is C16H17NO4. The Bertz CT molecular complexity index is 600. The number of hydrogen-bond acceptors (Lipinski definition) is 4. The van der Waals surface area contributed by atoms with Crippen LogP contribution in [0.4, 0.5) is 5.69 Å². The summed E-state index contributed by atoms with van der Waals surface area (Å²) in [7, 11) is 4.59. The summed E-state index contributed by atoms with van der Waals surface area (Å²) in [6.45, 7) is 0. The quantitative estimate of drug-likeness (QED) is 0.918. The van der Waals surface area contributed by atoms with Crippen molar-refractivity contribution in [3.63, 3.8) is 0 Å². The summed E-state index contributed by atoms with van der Waals surface area (Å²) in [6.07, 6.45) is 0. The lowest BCUT2D eigenvalue weighted by molar-refractivity contribution is 0.102. The molecule has 5 nitrogen and oxygen atoms in total. The van der Waals surface area contributed by atoms with Crippen LogP contribution in [-0.2, 0) is 0 Å². The average molecular weight is 287 g/mol. The van der Waals surface area contributed by atoms with E-state index in [9.17, 15) is 4.79 Å². The fraction of sp³-hybridized carbons (Fsp3) is 0.188. The molecule has 110 valence electrons. The van der Waals surface area contributed by atoms with E-state index in [1.807, 2.05) is 18.2 Å². The van der Waals surface area contributed by atoms with Gasteiger partial charge in [0.2, 0.25) is 5.75 Å². The molecule has 0 spiro atoms. The molecule has 0 bridgehead atoms. The van der Waals surface area contributed by atoms with Crippen molar-refractivity contribution in [2.24, 2.45) is 0 Å². The standard InChI is InChI=1S/C16H17NO4/c1-19-13-9-12(10-14(20-2)15(13)21-3)17-16(18)11-7-5-4-6-8-11/h4-10H,1-3H3,(H,17,18). The molecule has 0 aliphatic heterocycles. The van der Waals surface area contributed by atoms with E-state index in [0.29, 0.717) is 28.5 Å². The van der Waals surface area contributed by atoms with Gasteiger partial charge in [-0.2, -0.15) is 0 Å². The number of amides is 1. The van der Waals surface area contributed by atoms with Gasteiger partial charge in [-0.15, -0.1) is 0 Å². The Labute approximate surface area is 123 Å². The van der Waals surface area contributed by atoms with Gasteiger partial charge in [0.1, 0.15) is 0 Å². The molecule has 0 radical (unpaired) electrons. The van der Waals surface area contributed by atoms with E-state index in [4.69, 9.17) is 14.2 Å². The second kappa shape index (κ2) is 6.65. The van der Waals surface area contributed by atoms with Crippen LogP contribution in [0, 0.1) is 0 Å². The van der Waals surface area contributed by atoms with Crippen LogP contribution in [0.2, 0.25) is 0 Å². The third-order valence-electron chi connectivity index (χ3n) is 2.96. The summed E-state index contributed by atoms with van der Waals surface area (Å²) in [6, 6.07) is 12.3. The number of anilines is 1. The minimum atomic E-state index is -0.204. The van der Waals surface area contributed by atoms with Gasteiger partial charge >= 0.3 is 0 Å². The lowest BCUT2D eigenvalue weighted by atomic mass is 10.2. The zero-order valence-corrected chi connectivity index (χ0v) is 12.2. The highest BCUT2D eigenvalue weighted by Crippen LogP contribution is 2.39. The molecule has 0 heterocycles. The van der Waals surface area contributed by atoms with Gasteiger partial charge in [0.05, 0.1) is 21.3 Å². The molecule has 2 aromatic carbocycles. The van der Waals surface area contributed by atoms with Crippen molar-refractivity contribution in [3.05, 3.63) is 48.0 Å². The zero-order valence-electron chi connectivity index (χ0n) is 12.2. The van der Waals surface area contributed by atoms with Crippen molar-refractivity contribution < 1.29 is 19.0 Å². The smallest absolute Gasteiger partial charge is 0.255 e. The molecule has 5 heteroatoms. The molecule has 0 saturated carbocycles. The van der Waals surface area contributed by atoms with Gasteiger partial charge < -0.3 is 19.5 Å². The van der Waals surface area contributed by atoms with E-state index in [1.54, 1.807) is 24.3 Å². The van der Waals surface area contributed by atoms with Crippen LogP contribution >= 0.6 is 0 Å². The van der Waals surface area contributed by atoms with Crippen molar-refractivity contribution >= 4 is 11.6 Å². The summed E-state index contributed by atoms with van der Waals surface area (Å²) in [4.78, 5) is 12.1. The van der Waals surface area contributed by atoms with Crippen LogP contribution in [-0.4, -0.2) is 27.2 Å². The Balaban J connectivity index is 2.30. The number of hydrogen-bond donors (Lipinski definition) is 1. The van der Waals surface area contributed by atoms with Crippen molar-refractivity contribution in [2.45, 2.75) is 0 Å². The highest BCUT2D eigenvalue weighted by molar-refractivity contribution is 6.04. The maximum atomic E-state index is 12.1. The predicted octanol–water partition coefficient (Wildman–Crippen LogP) is 2.96. The number of nitrogens with one attached hydrogen (secondary N) is 1. The highest BCUT2D eigenvalue weighted by Gasteiger charge is 2.14. The van der Waals surface area contributed by atoms with Crippen molar-refractivity contribution in [3.8, 4) is 17.2 Å². The van der Waals surface area contributed by atoms with E-state index in [0.717, 1.165) is 0 Å². The second-order valence-electron chi connectivity index (χ2n) is 4.23. The lowest BCUT2D eigenvalue weighted by Gasteiger charge is -2.14. The van der Waals surface area contributed by atoms with Gasteiger partial charge in [0.25, 0.3) is 5.91 Å². The summed E-state index contributed by atoms with van der Waals surface area (Å²) in [5.41, 5.74) is 1.14. The molecule has 0 saturated heterocycles. The first-order valence-electron chi connectivity index (χ1n) is 6.36. The maximum Gasteiger partial charge on any atom is 0.255 e. The van der Waals surface area contributed by atoms with Crippen molar-refractivity contribution in [2.75, 3.05) is 26.6 Å². The largest absolute Gasteiger partial charge is 0.493 e. The Morgan fingerprint density at radius 3 is 1.95 bits per heavy atom. The normalized spacial score (nSPS) is 9.86. The second-order valence-corrected chi connectivity index (χ2v) is 4.23. The number of carbonyl (C=O) groups is 1. The summed E-state index contributed by atoms with van der Waals surface area (Å²) in [5.74, 6) is 1.25. The minimum absolute atomic E-state index is 0.204. The van der Waals surface area contributed by atoms with Crippen LogP contribution < -0.4 is 19.5 Å². The first-order valence-corrected chi connectivity index (χ1v) is 6.36. The molecular weight excluding hydrogens is 270 g/mol. The van der Waals surface area contributed by atoms with E-state index in [-0.39, 0.29) is 5.91 Å². The topological polar surface area (TPSA) is 56.8 Å².